The fourth-order valence-electron chi connectivity index (χ4n) is 3.03. The number of benzene rings is 1. The standard InChI is InChI=1S/C18H22N2O3S/c1-13-6-11-17(23-13)16-5-3-4-12-20(16)18(21)19-14-7-9-15(10-8-14)24(2)22/h6-11,16H,3-5,12H2,1-2H3,(H,19,21)/t16-,24-/m0/s1. The number of rotatable bonds is 3. The van der Waals surface area contributed by atoms with Gasteiger partial charge >= 0.3 is 6.03 Å². The van der Waals surface area contributed by atoms with E-state index in [1.165, 1.54) is 0 Å². The van der Waals surface area contributed by atoms with Crippen LogP contribution in [0.15, 0.2) is 45.7 Å². The van der Waals surface area contributed by atoms with Crippen LogP contribution in [0.3, 0.4) is 0 Å². The summed E-state index contributed by atoms with van der Waals surface area (Å²) in [6, 6.07) is 10.9. The molecule has 0 bridgehead atoms. The fraction of sp³-hybridized carbons (Fsp3) is 0.389. The molecule has 1 N–H and O–H groups in total. The van der Waals surface area contributed by atoms with Gasteiger partial charge in [-0.05, 0) is 62.6 Å². The zero-order chi connectivity index (χ0) is 17.1. The molecule has 1 fully saturated rings. The summed E-state index contributed by atoms with van der Waals surface area (Å²) in [4.78, 5) is 15.3. The van der Waals surface area contributed by atoms with Crippen LogP contribution in [0.1, 0.15) is 36.8 Å². The summed E-state index contributed by atoms with van der Waals surface area (Å²) in [5.74, 6) is 1.71. The minimum Gasteiger partial charge on any atom is -0.464 e. The number of carbonyl (C=O) groups excluding carboxylic acids is 1. The Hall–Kier alpha value is -2.08. The molecule has 1 aromatic heterocycles. The normalized spacial score (nSPS) is 19.1. The lowest BCUT2D eigenvalue weighted by molar-refractivity contribution is 0.150. The molecule has 2 heterocycles. The zero-order valence-corrected chi connectivity index (χ0v) is 14.8. The molecule has 2 amide bonds. The summed E-state index contributed by atoms with van der Waals surface area (Å²) in [5, 5.41) is 2.93. The molecule has 3 rings (SSSR count). The van der Waals surface area contributed by atoms with Gasteiger partial charge in [-0.15, -0.1) is 0 Å². The Morgan fingerprint density at radius 2 is 1.96 bits per heavy atom. The van der Waals surface area contributed by atoms with Crippen LogP contribution in [0.2, 0.25) is 0 Å². The maximum atomic E-state index is 12.7. The van der Waals surface area contributed by atoms with Crippen molar-refractivity contribution in [3.8, 4) is 0 Å². The Bertz CT molecular complexity index is 739. The second-order valence-electron chi connectivity index (χ2n) is 6.06. The molecule has 0 unspecified atom stereocenters. The molecule has 1 aliphatic heterocycles. The van der Waals surface area contributed by atoms with Gasteiger partial charge in [0.2, 0.25) is 0 Å². The molecule has 0 radical (unpaired) electrons. The highest BCUT2D eigenvalue weighted by Crippen LogP contribution is 2.32. The number of hydrogen-bond donors (Lipinski definition) is 1. The van der Waals surface area contributed by atoms with Crippen LogP contribution in [-0.4, -0.2) is 27.9 Å². The van der Waals surface area contributed by atoms with Crippen molar-refractivity contribution in [2.45, 2.75) is 37.1 Å². The van der Waals surface area contributed by atoms with Gasteiger partial charge in [-0.25, -0.2) is 4.79 Å². The van der Waals surface area contributed by atoms with Crippen LogP contribution in [0.25, 0.3) is 0 Å². The van der Waals surface area contributed by atoms with Crippen LogP contribution < -0.4 is 5.32 Å². The van der Waals surface area contributed by atoms with Gasteiger partial charge in [0.25, 0.3) is 0 Å². The molecule has 2 aromatic rings. The molecule has 1 aromatic carbocycles. The largest absolute Gasteiger partial charge is 0.464 e. The minimum atomic E-state index is -1.02. The van der Waals surface area contributed by atoms with Gasteiger partial charge in [-0.3, -0.25) is 4.21 Å². The molecule has 0 aliphatic carbocycles. The SMILES string of the molecule is Cc1ccc([C@@H]2CCCCN2C(=O)Nc2ccc([S@](C)=O)cc2)o1. The van der Waals surface area contributed by atoms with Gasteiger partial charge in [0.1, 0.15) is 11.5 Å². The highest BCUT2D eigenvalue weighted by atomic mass is 32.2. The third-order valence-corrected chi connectivity index (χ3v) is 5.23. The van der Waals surface area contributed by atoms with Crippen LogP contribution in [0, 0.1) is 6.92 Å². The average Bonchev–Trinajstić information content (AvgIpc) is 3.01. The van der Waals surface area contributed by atoms with Gasteiger partial charge in [-0.2, -0.15) is 0 Å². The van der Waals surface area contributed by atoms with E-state index in [1.54, 1.807) is 30.5 Å². The first kappa shape index (κ1) is 16.8. The van der Waals surface area contributed by atoms with Crippen molar-refractivity contribution in [1.29, 1.82) is 0 Å². The Kier molecular flexibility index (Phi) is 5.04. The Morgan fingerprint density at radius 1 is 1.21 bits per heavy atom. The van der Waals surface area contributed by atoms with Crippen LogP contribution in [-0.2, 0) is 10.8 Å². The van der Waals surface area contributed by atoms with Crippen LogP contribution in [0.4, 0.5) is 10.5 Å². The first-order valence-corrected chi connectivity index (χ1v) is 9.68. The van der Waals surface area contributed by atoms with E-state index in [2.05, 4.69) is 5.32 Å². The smallest absolute Gasteiger partial charge is 0.322 e. The van der Waals surface area contributed by atoms with Crippen molar-refractivity contribution in [3.63, 3.8) is 0 Å². The third kappa shape index (κ3) is 3.70. The molecule has 1 saturated heterocycles. The van der Waals surface area contributed by atoms with E-state index < -0.39 is 10.8 Å². The number of urea groups is 1. The lowest BCUT2D eigenvalue weighted by Gasteiger charge is -2.34. The van der Waals surface area contributed by atoms with Crippen molar-refractivity contribution in [2.75, 3.05) is 18.1 Å². The van der Waals surface area contributed by atoms with Crippen molar-refractivity contribution >= 4 is 22.5 Å². The number of likely N-dealkylation sites (tertiary alicyclic amines) is 1. The topological polar surface area (TPSA) is 62.6 Å². The number of nitrogens with one attached hydrogen (secondary N) is 1. The average molecular weight is 346 g/mol. The fourth-order valence-corrected chi connectivity index (χ4v) is 3.55. The molecular weight excluding hydrogens is 324 g/mol. The molecule has 24 heavy (non-hydrogen) atoms. The molecule has 128 valence electrons. The summed E-state index contributed by atoms with van der Waals surface area (Å²) in [7, 11) is -1.02. The predicted molar refractivity (Wildman–Crippen MR) is 94.5 cm³/mol. The van der Waals surface area contributed by atoms with Gasteiger partial charge in [0.05, 0.1) is 6.04 Å². The molecule has 5 nitrogen and oxygen atoms in total. The van der Waals surface area contributed by atoms with Crippen molar-refractivity contribution in [1.82, 2.24) is 4.90 Å². The van der Waals surface area contributed by atoms with Crippen molar-refractivity contribution in [3.05, 3.63) is 47.9 Å². The highest BCUT2D eigenvalue weighted by molar-refractivity contribution is 7.84. The highest BCUT2D eigenvalue weighted by Gasteiger charge is 2.30. The van der Waals surface area contributed by atoms with Gasteiger partial charge in [0.15, 0.2) is 0 Å². The van der Waals surface area contributed by atoms with E-state index in [4.69, 9.17) is 4.42 Å². The minimum absolute atomic E-state index is 0.0186. The van der Waals surface area contributed by atoms with Gasteiger partial charge in [-0.1, -0.05) is 0 Å². The molecular formula is C18H22N2O3S. The second kappa shape index (κ2) is 7.21. The molecule has 0 spiro atoms. The Balaban J connectivity index is 1.73. The first-order chi connectivity index (χ1) is 11.5. The number of furan rings is 1. The number of piperidine rings is 1. The van der Waals surface area contributed by atoms with Gasteiger partial charge in [0, 0.05) is 34.2 Å². The molecule has 6 heteroatoms. The summed E-state index contributed by atoms with van der Waals surface area (Å²) in [6.45, 7) is 2.63. The van der Waals surface area contributed by atoms with E-state index in [0.29, 0.717) is 12.2 Å². The van der Waals surface area contributed by atoms with E-state index >= 15 is 0 Å². The monoisotopic (exact) mass is 346 g/mol. The number of carbonyl (C=O) groups is 1. The predicted octanol–water partition coefficient (Wildman–Crippen LogP) is 4.08. The quantitative estimate of drug-likeness (QED) is 0.911. The molecule has 0 saturated carbocycles. The molecule has 2 atom stereocenters. The lowest BCUT2D eigenvalue weighted by Crippen LogP contribution is -2.41. The lowest BCUT2D eigenvalue weighted by atomic mass is 10.0. The maximum absolute atomic E-state index is 12.7. The Labute approximate surface area is 144 Å². The zero-order valence-electron chi connectivity index (χ0n) is 14.0. The van der Waals surface area contributed by atoms with E-state index in [9.17, 15) is 9.00 Å². The molecule has 1 aliphatic rings. The Morgan fingerprint density at radius 3 is 2.58 bits per heavy atom. The van der Waals surface area contributed by atoms with E-state index in [1.807, 2.05) is 24.0 Å². The number of aryl methyl sites for hydroxylation is 1. The first-order valence-electron chi connectivity index (χ1n) is 8.12. The maximum Gasteiger partial charge on any atom is 0.322 e. The van der Waals surface area contributed by atoms with Crippen molar-refractivity contribution in [2.24, 2.45) is 0 Å². The van der Waals surface area contributed by atoms with Crippen LogP contribution in [0.5, 0.6) is 0 Å². The third-order valence-electron chi connectivity index (χ3n) is 4.29. The number of amides is 2. The summed E-state index contributed by atoms with van der Waals surface area (Å²) in [5.41, 5.74) is 0.703. The summed E-state index contributed by atoms with van der Waals surface area (Å²) in [6.07, 6.45) is 4.63. The van der Waals surface area contributed by atoms with Gasteiger partial charge < -0.3 is 14.6 Å². The summed E-state index contributed by atoms with van der Waals surface area (Å²) >= 11 is 0. The number of anilines is 1. The summed E-state index contributed by atoms with van der Waals surface area (Å²) < 4.78 is 17.2. The van der Waals surface area contributed by atoms with E-state index in [-0.39, 0.29) is 12.1 Å². The number of nitrogens with zero attached hydrogens (tertiary/aromatic N) is 1. The number of hydrogen-bond acceptors (Lipinski definition) is 3. The van der Waals surface area contributed by atoms with E-state index in [0.717, 1.165) is 35.7 Å². The van der Waals surface area contributed by atoms with Crippen LogP contribution >= 0.6 is 0 Å². The second-order valence-corrected chi connectivity index (χ2v) is 7.44. The van der Waals surface area contributed by atoms with Crippen molar-refractivity contribution < 1.29 is 13.4 Å².